The summed E-state index contributed by atoms with van der Waals surface area (Å²) >= 11 is 0. The van der Waals surface area contributed by atoms with Crippen molar-refractivity contribution >= 4 is 17.8 Å². The lowest BCUT2D eigenvalue weighted by atomic mass is 10.2. The average molecular weight is 284 g/mol. The lowest BCUT2D eigenvalue weighted by Gasteiger charge is -2.09. The summed E-state index contributed by atoms with van der Waals surface area (Å²) in [6.45, 7) is 1.67. The normalized spacial score (nSPS) is 9.30. The molecule has 1 rings (SSSR count). The molecule has 3 amide bonds. The Labute approximate surface area is 112 Å². The number of rotatable bonds is 2. The zero-order valence-electron chi connectivity index (χ0n) is 10.3. The Morgan fingerprint density at radius 2 is 2.00 bits per heavy atom. The Kier molecular flexibility index (Phi) is 5.22. The van der Waals surface area contributed by atoms with Gasteiger partial charge in [-0.05, 0) is 13.0 Å². The molecule has 0 unspecified atom stereocenters. The van der Waals surface area contributed by atoms with Crippen LogP contribution >= 0.6 is 0 Å². The van der Waals surface area contributed by atoms with Crippen molar-refractivity contribution in [2.24, 2.45) is 0 Å². The molecule has 0 aliphatic heterocycles. The quantitative estimate of drug-likeness (QED) is 0.718. The number of anilines is 1. The highest BCUT2D eigenvalue weighted by Gasteiger charge is 2.12. The number of ether oxygens (including phenoxy) is 1. The summed E-state index contributed by atoms with van der Waals surface area (Å²) < 4.78 is 31.1. The Hall–Kier alpha value is -2.89. The molecule has 0 atom stereocenters. The molecule has 0 radical (unpaired) electrons. The second-order valence-corrected chi connectivity index (χ2v) is 3.35. The third-order valence-corrected chi connectivity index (χ3v) is 1.98. The van der Waals surface area contributed by atoms with Gasteiger partial charge in [-0.15, -0.1) is 0 Å². The van der Waals surface area contributed by atoms with Gasteiger partial charge in [0.05, 0.1) is 17.9 Å². The Morgan fingerprint density at radius 1 is 1.30 bits per heavy atom. The topological polar surface area (TPSA) is 103 Å². The zero-order chi connectivity index (χ0) is 15.1. The maximum absolute atomic E-state index is 13.4. The summed E-state index contributed by atoms with van der Waals surface area (Å²) in [7, 11) is 0. The average Bonchev–Trinajstić information content (AvgIpc) is 2.40. The fraction of sp³-hybridized carbons (Fsp3) is 0.182. The first-order chi connectivity index (χ1) is 9.47. The van der Waals surface area contributed by atoms with Crippen LogP contribution in [0.15, 0.2) is 12.1 Å². The van der Waals surface area contributed by atoms with Crippen LogP contribution in [0.1, 0.15) is 12.5 Å². The summed E-state index contributed by atoms with van der Waals surface area (Å²) in [6.07, 6.45) is -0.908. The largest absolute Gasteiger partial charge is 0.449 e. The van der Waals surface area contributed by atoms with Gasteiger partial charge in [0.25, 0.3) is 0 Å². The monoisotopic (exact) mass is 284 g/mol. The number of urea groups is 1. The number of halogens is 2. The van der Waals surface area contributed by atoms with Gasteiger partial charge in [0.15, 0.2) is 0 Å². The number of nitriles is 1. The number of hydrogen-bond acceptors (Lipinski definition) is 4. The smallest absolute Gasteiger partial charge is 0.426 e. The van der Waals surface area contributed by atoms with Crippen molar-refractivity contribution in [1.29, 1.82) is 5.26 Å². The predicted molar refractivity (Wildman–Crippen MR) is 63.4 cm³/mol. The Morgan fingerprint density at radius 3 is 2.60 bits per heavy atom. The lowest BCUT2D eigenvalue weighted by molar-refractivity contribution is 0.148. The molecule has 0 spiro atoms. The number of nitrogens with zero attached hydrogens (tertiary/aromatic N) is 1. The van der Waals surface area contributed by atoms with Gasteiger partial charge in [-0.2, -0.15) is 5.26 Å². The first kappa shape index (κ1) is 15.2. The van der Waals surface area contributed by atoms with Gasteiger partial charge in [0.1, 0.15) is 17.7 Å². The van der Waals surface area contributed by atoms with Crippen molar-refractivity contribution in [3.8, 4) is 6.07 Å². The van der Waals surface area contributed by atoms with Gasteiger partial charge in [0.2, 0.25) is 0 Å². The molecular weight excluding hydrogens is 274 g/mol. The van der Waals surface area contributed by atoms with E-state index in [-0.39, 0.29) is 6.61 Å². The van der Waals surface area contributed by atoms with Crippen molar-refractivity contribution in [3.05, 3.63) is 29.3 Å². The molecular formula is C11H10F2N4O3. The number of hydrogen-bond donors (Lipinski definition) is 3. The molecule has 1 aromatic carbocycles. The van der Waals surface area contributed by atoms with Gasteiger partial charge < -0.3 is 10.1 Å². The van der Waals surface area contributed by atoms with Gasteiger partial charge in [-0.1, -0.05) is 0 Å². The third-order valence-electron chi connectivity index (χ3n) is 1.98. The van der Waals surface area contributed by atoms with Crippen LogP contribution in [0.4, 0.5) is 24.1 Å². The van der Waals surface area contributed by atoms with Crippen LogP contribution in [0, 0.1) is 23.0 Å². The molecule has 1 aromatic rings. The van der Waals surface area contributed by atoms with E-state index in [4.69, 9.17) is 5.26 Å². The molecule has 0 heterocycles. The minimum absolute atomic E-state index is 0.102. The van der Waals surface area contributed by atoms with Gasteiger partial charge in [-0.25, -0.2) is 29.2 Å². The summed E-state index contributed by atoms with van der Waals surface area (Å²) in [5.41, 5.74) is 2.76. The third kappa shape index (κ3) is 4.09. The van der Waals surface area contributed by atoms with Gasteiger partial charge >= 0.3 is 12.1 Å². The van der Waals surface area contributed by atoms with Crippen LogP contribution in [0.2, 0.25) is 0 Å². The van der Waals surface area contributed by atoms with Crippen LogP contribution in [0.5, 0.6) is 0 Å². The highest BCUT2D eigenvalue weighted by atomic mass is 19.1. The number of carbonyl (C=O) groups excluding carboxylic acids is 2. The highest BCUT2D eigenvalue weighted by Crippen LogP contribution is 2.18. The van der Waals surface area contributed by atoms with Gasteiger partial charge in [0, 0.05) is 6.07 Å². The van der Waals surface area contributed by atoms with Crippen LogP contribution in [0.25, 0.3) is 0 Å². The molecule has 0 bridgehead atoms. The molecule has 20 heavy (non-hydrogen) atoms. The van der Waals surface area contributed by atoms with Crippen LogP contribution in [-0.2, 0) is 4.74 Å². The molecule has 0 fully saturated rings. The molecule has 0 aliphatic carbocycles. The minimum atomic E-state index is -1.01. The van der Waals surface area contributed by atoms with Gasteiger partial charge in [-0.3, -0.25) is 0 Å². The number of carbonyl (C=O) groups is 2. The van der Waals surface area contributed by atoms with E-state index in [1.165, 1.54) is 6.07 Å². The fourth-order valence-corrected chi connectivity index (χ4v) is 1.16. The predicted octanol–water partition coefficient (Wildman–Crippen LogP) is 1.62. The van der Waals surface area contributed by atoms with Crippen molar-refractivity contribution in [1.82, 2.24) is 10.9 Å². The van der Waals surface area contributed by atoms with Crippen molar-refractivity contribution in [2.75, 3.05) is 11.9 Å². The number of benzene rings is 1. The SMILES string of the molecule is CCOC(=O)NNC(=O)Nc1cc(F)c(C#N)cc1F. The van der Waals surface area contributed by atoms with E-state index < -0.39 is 35.0 Å². The molecule has 106 valence electrons. The Bertz CT molecular complexity index is 572. The molecule has 0 saturated heterocycles. The standard InChI is InChI=1S/C11H10F2N4O3/c1-2-20-11(19)17-16-10(18)15-9-4-7(12)6(5-14)3-8(9)13/h3-4H,2H2,1H3,(H,17,19)(H2,15,16,18). The number of hydrazine groups is 1. The number of amides is 3. The van der Waals surface area contributed by atoms with E-state index in [9.17, 15) is 18.4 Å². The lowest BCUT2D eigenvalue weighted by Crippen LogP contribution is -2.44. The molecule has 3 N–H and O–H groups in total. The second-order valence-electron chi connectivity index (χ2n) is 3.35. The van der Waals surface area contributed by atoms with Crippen LogP contribution in [-0.4, -0.2) is 18.7 Å². The molecule has 0 aliphatic rings. The van der Waals surface area contributed by atoms with E-state index >= 15 is 0 Å². The highest BCUT2D eigenvalue weighted by molar-refractivity contribution is 5.90. The molecule has 0 aromatic heterocycles. The maximum atomic E-state index is 13.4. The van der Waals surface area contributed by atoms with E-state index in [0.29, 0.717) is 12.1 Å². The molecule has 0 saturated carbocycles. The van der Waals surface area contributed by atoms with Crippen molar-refractivity contribution in [3.63, 3.8) is 0 Å². The summed E-state index contributed by atoms with van der Waals surface area (Å²) in [5, 5.41) is 10.4. The Balaban J connectivity index is 2.65. The van der Waals surface area contributed by atoms with E-state index in [0.717, 1.165) is 0 Å². The number of nitrogens with one attached hydrogen (secondary N) is 3. The van der Waals surface area contributed by atoms with E-state index in [2.05, 4.69) is 4.74 Å². The molecule has 9 heteroatoms. The van der Waals surface area contributed by atoms with Crippen LogP contribution in [0.3, 0.4) is 0 Å². The second kappa shape index (κ2) is 6.89. The zero-order valence-corrected chi connectivity index (χ0v) is 10.3. The van der Waals surface area contributed by atoms with Crippen molar-refractivity contribution < 1.29 is 23.1 Å². The van der Waals surface area contributed by atoms with E-state index in [1.807, 2.05) is 16.2 Å². The fourth-order valence-electron chi connectivity index (χ4n) is 1.16. The summed E-state index contributed by atoms with van der Waals surface area (Å²) in [6, 6.07) is 1.73. The van der Waals surface area contributed by atoms with Crippen molar-refractivity contribution in [2.45, 2.75) is 6.92 Å². The summed E-state index contributed by atoms with van der Waals surface area (Å²) in [5.74, 6) is -1.98. The summed E-state index contributed by atoms with van der Waals surface area (Å²) in [4.78, 5) is 22.2. The minimum Gasteiger partial charge on any atom is -0.449 e. The van der Waals surface area contributed by atoms with Crippen LogP contribution < -0.4 is 16.2 Å². The first-order valence-corrected chi connectivity index (χ1v) is 5.36. The van der Waals surface area contributed by atoms with E-state index in [1.54, 1.807) is 6.92 Å². The first-order valence-electron chi connectivity index (χ1n) is 5.36. The molecule has 7 nitrogen and oxygen atoms in total. The maximum Gasteiger partial charge on any atom is 0.426 e.